The van der Waals surface area contributed by atoms with Crippen molar-refractivity contribution in [1.82, 2.24) is 5.23 Å². The summed E-state index contributed by atoms with van der Waals surface area (Å²) in [5.74, 6) is -0.629. The zero-order valence-corrected chi connectivity index (χ0v) is 18.2. The molecule has 7 heteroatoms. The molecule has 5 unspecified atom stereocenters. The molecule has 28 heavy (non-hydrogen) atoms. The van der Waals surface area contributed by atoms with Crippen molar-refractivity contribution in [3.05, 3.63) is 35.9 Å². The van der Waals surface area contributed by atoms with Crippen LogP contribution >= 0.6 is 0 Å². The van der Waals surface area contributed by atoms with Crippen LogP contribution in [-0.4, -0.2) is 44.6 Å². The van der Waals surface area contributed by atoms with Gasteiger partial charge in [-0.15, -0.1) is 0 Å². The van der Waals surface area contributed by atoms with Crippen molar-refractivity contribution in [2.75, 3.05) is 7.11 Å². The van der Waals surface area contributed by atoms with E-state index in [1.165, 1.54) is 19.1 Å². The van der Waals surface area contributed by atoms with Gasteiger partial charge in [-0.3, -0.25) is 4.84 Å². The zero-order chi connectivity index (χ0) is 19.9. The van der Waals surface area contributed by atoms with E-state index in [0.29, 0.717) is 6.42 Å². The minimum Gasteiger partial charge on any atom is -0.467 e. The molecule has 0 bridgehead atoms. The second-order valence-corrected chi connectivity index (χ2v) is 13.5. The molecule has 6 nitrogen and oxygen atoms in total. The summed E-state index contributed by atoms with van der Waals surface area (Å²) < 4.78 is 11.7. The largest absolute Gasteiger partial charge is 0.467 e. The van der Waals surface area contributed by atoms with Crippen LogP contribution in [0.2, 0.25) is 19.6 Å². The highest BCUT2D eigenvalue weighted by Gasteiger charge is 2.60. The lowest BCUT2D eigenvalue weighted by Crippen LogP contribution is -2.62. The van der Waals surface area contributed by atoms with Gasteiger partial charge in [0.2, 0.25) is 0 Å². The van der Waals surface area contributed by atoms with Gasteiger partial charge in [0, 0.05) is 24.7 Å². The van der Waals surface area contributed by atoms with Gasteiger partial charge in [-0.25, -0.2) is 9.63 Å². The number of methoxy groups -OCH3 is 1. The van der Waals surface area contributed by atoms with E-state index >= 15 is 0 Å². The molecular formula is C21H31NO5Si. The normalized spacial score (nSPS) is 35.9. The Morgan fingerprint density at radius 1 is 1.21 bits per heavy atom. The molecule has 1 saturated carbocycles. The highest BCUT2D eigenvalue weighted by molar-refractivity contribution is 6.69. The molecule has 3 fully saturated rings. The van der Waals surface area contributed by atoms with Gasteiger partial charge in [-0.05, 0) is 38.0 Å². The van der Waals surface area contributed by atoms with E-state index in [1.54, 1.807) is 5.23 Å². The average Bonchev–Trinajstić information content (AvgIpc) is 3.07. The fraction of sp³-hybridized carbons (Fsp3) is 0.667. The molecule has 2 saturated heterocycles. The molecule has 1 aliphatic carbocycles. The predicted octanol–water partition coefficient (Wildman–Crippen LogP) is 4.00. The van der Waals surface area contributed by atoms with Crippen LogP contribution in [0.1, 0.15) is 43.6 Å². The molecule has 0 N–H and O–H groups in total. The highest BCUT2D eigenvalue weighted by atomic mass is 28.4. The van der Waals surface area contributed by atoms with Crippen molar-refractivity contribution in [2.45, 2.75) is 75.6 Å². The van der Waals surface area contributed by atoms with Gasteiger partial charge in [0.05, 0.1) is 13.2 Å². The number of ether oxygens (including phenoxy) is 1. The van der Waals surface area contributed by atoms with Crippen molar-refractivity contribution in [2.24, 2.45) is 5.92 Å². The number of nitrogens with zero attached hydrogens (tertiary/aromatic N) is 1. The molecule has 1 aromatic rings. The summed E-state index contributed by atoms with van der Waals surface area (Å²) in [7, 11) is -0.484. The second kappa shape index (κ2) is 7.53. The van der Waals surface area contributed by atoms with Crippen molar-refractivity contribution in [3.8, 4) is 0 Å². The number of esters is 1. The monoisotopic (exact) mass is 405 g/mol. The molecule has 0 spiro atoms. The minimum absolute atomic E-state index is 0.0343. The molecule has 0 aromatic heterocycles. The van der Waals surface area contributed by atoms with Crippen LogP contribution in [0.4, 0.5) is 0 Å². The fourth-order valence-electron chi connectivity index (χ4n) is 5.11. The first-order valence-electron chi connectivity index (χ1n) is 10.3. The van der Waals surface area contributed by atoms with Crippen LogP contribution < -0.4 is 0 Å². The van der Waals surface area contributed by atoms with Crippen molar-refractivity contribution in [3.63, 3.8) is 0 Å². The number of hydrogen-bond acceptors (Lipinski definition) is 6. The first-order chi connectivity index (χ1) is 13.3. The van der Waals surface area contributed by atoms with Gasteiger partial charge in [-0.1, -0.05) is 42.0 Å². The van der Waals surface area contributed by atoms with Crippen LogP contribution in [0.3, 0.4) is 0 Å². The Kier molecular flexibility index (Phi) is 5.39. The Balaban J connectivity index is 1.75. The smallest absolute Gasteiger partial charge is 0.337 e. The van der Waals surface area contributed by atoms with E-state index in [9.17, 15) is 4.79 Å². The topological polar surface area (TPSA) is 57.2 Å². The van der Waals surface area contributed by atoms with Gasteiger partial charge in [0.1, 0.15) is 0 Å². The average molecular weight is 406 g/mol. The summed E-state index contributed by atoms with van der Waals surface area (Å²) in [4.78, 5) is 24.6. The summed E-state index contributed by atoms with van der Waals surface area (Å²) in [6.07, 6.45) is 4.07. The number of hydroxylamine groups is 2. The van der Waals surface area contributed by atoms with E-state index in [2.05, 4.69) is 43.9 Å². The van der Waals surface area contributed by atoms with Crippen molar-refractivity contribution in [1.29, 1.82) is 0 Å². The molecule has 3 aliphatic rings. The quantitative estimate of drug-likeness (QED) is 0.557. The van der Waals surface area contributed by atoms with E-state index in [-0.39, 0.29) is 23.8 Å². The fourth-order valence-corrected chi connectivity index (χ4v) is 6.44. The second-order valence-electron chi connectivity index (χ2n) is 9.11. The summed E-state index contributed by atoms with van der Waals surface area (Å²) in [6.45, 7) is 6.59. The number of rotatable bonds is 4. The molecule has 5 atom stereocenters. The van der Waals surface area contributed by atoms with Crippen LogP contribution in [0.5, 0.6) is 0 Å². The third-order valence-corrected chi connectivity index (χ3v) is 6.99. The van der Waals surface area contributed by atoms with Gasteiger partial charge >= 0.3 is 5.97 Å². The Hall–Kier alpha value is -1.25. The standard InChI is InChI=1S/C21H31NO5Si/c1-24-20(23)18-14-17-19(15-10-6-5-7-11-15)16-12-8-9-13-21(16,26-22(17)25-18)27-28(2,3)4/h5-7,10-11,16-19H,8-9,12-14H2,1-4H3. The molecule has 1 aromatic carbocycles. The number of benzene rings is 1. The van der Waals surface area contributed by atoms with Crippen molar-refractivity contribution < 1.29 is 23.6 Å². The molecule has 0 amide bonds. The zero-order valence-electron chi connectivity index (χ0n) is 17.2. The first-order valence-corrected chi connectivity index (χ1v) is 13.7. The maximum Gasteiger partial charge on any atom is 0.337 e. The van der Waals surface area contributed by atoms with Crippen LogP contribution in [0.25, 0.3) is 0 Å². The van der Waals surface area contributed by atoms with Crippen LogP contribution in [-0.2, 0) is 23.6 Å². The van der Waals surface area contributed by atoms with E-state index < -0.39 is 20.2 Å². The molecule has 4 rings (SSSR count). The summed E-state index contributed by atoms with van der Waals surface area (Å²) in [5.41, 5.74) is 1.25. The maximum absolute atomic E-state index is 12.2. The Bertz CT molecular complexity index is 708. The highest BCUT2D eigenvalue weighted by Crippen LogP contribution is 2.55. The maximum atomic E-state index is 12.2. The number of carbonyl (C=O) groups is 1. The number of fused-ring (bicyclic) bond motifs is 2. The summed E-state index contributed by atoms with van der Waals surface area (Å²) in [5, 5.41) is 1.57. The third-order valence-electron chi connectivity index (χ3n) is 6.03. The summed E-state index contributed by atoms with van der Waals surface area (Å²) in [6, 6.07) is 10.5. The van der Waals surface area contributed by atoms with Gasteiger partial charge in [-0.2, -0.15) is 0 Å². The number of hydrogen-bond donors (Lipinski definition) is 0. The third kappa shape index (κ3) is 3.66. The molecule has 154 valence electrons. The van der Waals surface area contributed by atoms with E-state index in [1.807, 2.05) is 6.07 Å². The molecular weight excluding hydrogens is 374 g/mol. The Labute approximate surface area is 168 Å². The number of carbonyl (C=O) groups excluding carboxylic acids is 1. The van der Waals surface area contributed by atoms with Gasteiger partial charge in [0.15, 0.2) is 20.2 Å². The Morgan fingerprint density at radius 3 is 2.64 bits per heavy atom. The Morgan fingerprint density at radius 2 is 1.96 bits per heavy atom. The van der Waals surface area contributed by atoms with Crippen LogP contribution in [0.15, 0.2) is 30.3 Å². The van der Waals surface area contributed by atoms with Gasteiger partial charge < -0.3 is 9.16 Å². The van der Waals surface area contributed by atoms with Crippen LogP contribution in [0, 0.1) is 5.92 Å². The molecule has 0 radical (unpaired) electrons. The SMILES string of the molecule is COC(=O)C1CC2C(c3ccccc3)C3CCCCC3(O[Si](C)(C)C)ON2O1. The van der Waals surface area contributed by atoms with Crippen molar-refractivity contribution >= 4 is 14.3 Å². The lowest BCUT2D eigenvalue weighted by Gasteiger charge is -2.55. The predicted molar refractivity (Wildman–Crippen MR) is 107 cm³/mol. The first kappa shape index (κ1) is 20.0. The molecule has 2 aliphatic heterocycles. The lowest BCUT2D eigenvalue weighted by molar-refractivity contribution is -0.480. The lowest BCUT2D eigenvalue weighted by atomic mass is 9.68. The van der Waals surface area contributed by atoms with E-state index in [0.717, 1.165) is 19.3 Å². The summed E-state index contributed by atoms with van der Waals surface area (Å²) >= 11 is 0. The van der Waals surface area contributed by atoms with Gasteiger partial charge in [0.25, 0.3) is 0 Å². The van der Waals surface area contributed by atoms with E-state index in [4.69, 9.17) is 18.8 Å². The molecule has 2 heterocycles. The minimum atomic E-state index is -1.88.